The normalized spacial score (nSPS) is 10.4. The van der Waals surface area contributed by atoms with E-state index in [1.165, 1.54) is 6.07 Å². The monoisotopic (exact) mass is 459 g/mol. The number of hydrogen-bond donors (Lipinski definition) is 1. The van der Waals surface area contributed by atoms with Gasteiger partial charge in [0.15, 0.2) is 11.3 Å². The van der Waals surface area contributed by atoms with Crippen LogP contribution in [-0.4, -0.2) is 26.2 Å². The number of nitrogens with zero attached hydrogens (tertiary/aromatic N) is 3. The number of pyridine rings is 1. The van der Waals surface area contributed by atoms with Gasteiger partial charge in [-0.3, -0.25) is 9.36 Å². The molecule has 1 N–H and O–H groups in total. The molecule has 0 aliphatic carbocycles. The number of hydrogen-bond acceptors (Lipinski definition) is 5. The number of rotatable bonds is 2. The van der Waals surface area contributed by atoms with E-state index < -0.39 is 29.7 Å². The Labute approximate surface area is 179 Å². The van der Waals surface area contributed by atoms with E-state index in [-0.39, 0.29) is 51.2 Å². The van der Waals surface area contributed by atoms with E-state index in [1.807, 2.05) is 13.8 Å². The number of alkyl halides is 3. The largest absolute Gasteiger partial charge is 0.505 e. The molecule has 0 unspecified atom stereocenters. The molecule has 27 heavy (non-hydrogen) atoms. The average Bonchev–Trinajstić information content (AvgIpc) is 3.04. The molecule has 0 aliphatic heterocycles. The molecule has 10 heteroatoms. The van der Waals surface area contributed by atoms with Crippen molar-refractivity contribution < 1.29 is 55.6 Å². The van der Waals surface area contributed by atoms with Crippen molar-refractivity contribution in [2.75, 3.05) is 0 Å². The van der Waals surface area contributed by atoms with Gasteiger partial charge >= 0.3 is 6.18 Å². The summed E-state index contributed by atoms with van der Waals surface area (Å²) >= 11 is 0. The van der Waals surface area contributed by atoms with Crippen LogP contribution in [0.2, 0.25) is 0 Å². The molecule has 145 valence electrons. The molecule has 0 saturated carbocycles. The minimum atomic E-state index is -4.64. The average molecular weight is 459 g/mol. The molecular formula is C17H19F3N3O3Y-. The Morgan fingerprint density at radius 3 is 2.33 bits per heavy atom. The molecule has 0 saturated heterocycles. The molecule has 0 atom stereocenters. The Kier molecular flexibility index (Phi) is 9.34. The third-order valence-corrected chi connectivity index (χ3v) is 3.40. The Morgan fingerprint density at radius 2 is 1.78 bits per heavy atom. The van der Waals surface area contributed by atoms with Crippen molar-refractivity contribution in [3.05, 3.63) is 47.6 Å². The van der Waals surface area contributed by atoms with Crippen molar-refractivity contribution in [3.8, 4) is 16.9 Å². The van der Waals surface area contributed by atoms with Gasteiger partial charge in [-0.2, -0.15) is 13.2 Å². The molecule has 2 aromatic heterocycles. The van der Waals surface area contributed by atoms with E-state index in [1.54, 1.807) is 25.1 Å². The summed E-state index contributed by atoms with van der Waals surface area (Å²) in [5.74, 6) is -0.557. The zero-order chi connectivity index (χ0) is 18.8. The fraction of sp³-hybridized carbons (Fsp3) is 0.294. The fourth-order valence-corrected chi connectivity index (χ4v) is 2.38. The van der Waals surface area contributed by atoms with Gasteiger partial charge in [-0.1, -0.05) is 38.1 Å². The quantitative estimate of drug-likeness (QED) is 0.584. The van der Waals surface area contributed by atoms with E-state index >= 15 is 0 Å². The molecule has 0 spiro atoms. The van der Waals surface area contributed by atoms with Crippen molar-refractivity contribution in [2.24, 2.45) is 0 Å². The maximum Gasteiger partial charge on any atom is 0.406 e. The van der Waals surface area contributed by atoms with Crippen molar-refractivity contribution in [1.29, 1.82) is 0 Å². The number of aryl methyl sites for hydroxylation is 1. The summed E-state index contributed by atoms with van der Waals surface area (Å²) in [5, 5.41) is 17.0. The Hall–Kier alpha value is -1.74. The van der Waals surface area contributed by atoms with Gasteiger partial charge in [0.2, 0.25) is 5.65 Å². The first-order valence-electron chi connectivity index (χ1n) is 7.50. The molecule has 0 amide bonds. The summed E-state index contributed by atoms with van der Waals surface area (Å²) in [6.07, 6.45) is -4.64. The summed E-state index contributed by atoms with van der Waals surface area (Å²) in [6.45, 7) is 4.11. The molecule has 0 aliphatic rings. The van der Waals surface area contributed by atoms with Gasteiger partial charge in [0.1, 0.15) is 6.54 Å². The number of aromatic hydroxyl groups is 1. The van der Waals surface area contributed by atoms with Crippen LogP contribution in [0, 0.1) is 14.4 Å². The SMILES string of the molecule is CC.Cc1ccccc1-c1c(O)c2nonc2n(CC(F)(F)F)c1=O.[CH3-].[Y]. The van der Waals surface area contributed by atoms with E-state index in [2.05, 4.69) is 14.9 Å². The van der Waals surface area contributed by atoms with Crippen LogP contribution in [-0.2, 0) is 39.3 Å². The Bertz CT molecular complexity index is 952. The molecule has 1 aromatic carbocycles. The van der Waals surface area contributed by atoms with E-state index in [9.17, 15) is 23.1 Å². The third-order valence-electron chi connectivity index (χ3n) is 3.40. The zero-order valence-electron chi connectivity index (χ0n) is 15.3. The van der Waals surface area contributed by atoms with Crippen LogP contribution < -0.4 is 5.56 Å². The molecule has 1 radical (unpaired) electrons. The van der Waals surface area contributed by atoms with Gasteiger partial charge in [0.05, 0.1) is 5.56 Å². The summed E-state index contributed by atoms with van der Waals surface area (Å²) in [5.41, 5.74) is -1.10. The second kappa shape index (κ2) is 9.99. The minimum Gasteiger partial charge on any atom is -0.505 e. The van der Waals surface area contributed by atoms with Crippen LogP contribution in [0.1, 0.15) is 19.4 Å². The predicted octanol–water partition coefficient (Wildman–Crippen LogP) is 4.10. The van der Waals surface area contributed by atoms with Crippen LogP contribution in [0.5, 0.6) is 5.75 Å². The van der Waals surface area contributed by atoms with Crippen molar-refractivity contribution in [2.45, 2.75) is 33.5 Å². The molecule has 2 heterocycles. The van der Waals surface area contributed by atoms with Gasteiger partial charge in [-0.15, -0.1) is 0 Å². The second-order valence-electron chi connectivity index (χ2n) is 4.98. The van der Waals surface area contributed by atoms with Crippen LogP contribution in [0.15, 0.2) is 33.7 Å². The number of aromatic nitrogens is 3. The molecule has 0 bridgehead atoms. The van der Waals surface area contributed by atoms with Crippen LogP contribution in [0.25, 0.3) is 22.3 Å². The van der Waals surface area contributed by atoms with E-state index in [0.717, 1.165) is 0 Å². The second-order valence-corrected chi connectivity index (χ2v) is 4.98. The predicted molar refractivity (Wildman–Crippen MR) is 91.7 cm³/mol. The van der Waals surface area contributed by atoms with Crippen molar-refractivity contribution >= 4 is 11.2 Å². The van der Waals surface area contributed by atoms with Crippen LogP contribution in [0.3, 0.4) is 0 Å². The number of benzene rings is 1. The molecule has 3 rings (SSSR count). The van der Waals surface area contributed by atoms with Gasteiger partial charge in [-0.05, 0) is 28.4 Å². The first-order valence-corrected chi connectivity index (χ1v) is 7.50. The molecule has 0 fully saturated rings. The topological polar surface area (TPSA) is 81.2 Å². The van der Waals surface area contributed by atoms with Gasteiger partial charge in [0.25, 0.3) is 5.56 Å². The van der Waals surface area contributed by atoms with E-state index in [0.29, 0.717) is 15.7 Å². The van der Waals surface area contributed by atoms with E-state index in [4.69, 9.17) is 0 Å². The maximum atomic E-state index is 12.8. The smallest absolute Gasteiger partial charge is 0.406 e. The number of halogens is 3. The van der Waals surface area contributed by atoms with Crippen molar-refractivity contribution in [3.63, 3.8) is 0 Å². The molecule has 3 aromatic rings. The van der Waals surface area contributed by atoms with Gasteiger partial charge in [0, 0.05) is 32.7 Å². The zero-order valence-corrected chi connectivity index (χ0v) is 18.2. The Morgan fingerprint density at radius 1 is 1.19 bits per heavy atom. The molecule has 6 nitrogen and oxygen atoms in total. The Balaban J connectivity index is 0.00000164. The minimum absolute atomic E-state index is 0. The van der Waals surface area contributed by atoms with Crippen molar-refractivity contribution in [1.82, 2.24) is 14.9 Å². The number of fused-ring (bicyclic) bond motifs is 1. The van der Waals surface area contributed by atoms with Gasteiger partial charge in [-0.25, -0.2) is 4.63 Å². The van der Waals surface area contributed by atoms with Crippen LogP contribution in [0.4, 0.5) is 13.2 Å². The van der Waals surface area contributed by atoms with Gasteiger partial charge < -0.3 is 12.5 Å². The third kappa shape index (κ3) is 5.16. The van der Waals surface area contributed by atoms with Crippen LogP contribution >= 0.6 is 0 Å². The molecular weight excluding hydrogens is 440 g/mol. The summed E-state index contributed by atoms with van der Waals surface area (Å²) in [4.78, 5) is 12.5. The first-order chi connectivity index (χ1) is 11.8. The first kappa shape index (κ1) is 25.3. The standard InChI is InChI=1S/C14H10F3N3O3.C2H6.CH3.Y/c1-7-4-2-3-5-8(7)9-11(21)10-12(19-23-18-10)20(13(9)22)6-14(15,16)17;1-2;;/h2-5,21H,6H2,1H3;1-2H3;1H3;/q;;-1;. The summed E-state index contributed by atoms with van der Waals surface area (Å²) < 4.78 is 43.1. The summed E-state index contributed by atoms with van der Waals surface area (Å²) in [6, 6.07) is 6.53. The maximum absolute atomic E-state index is 12.8. The fourth-order valence-electron chi connectivity index (χ4n) is 2.38. The summed E-state index contributed by atoms with van der Waals surface area (Å²) in [7, 11) is 0.